The summed E-state index contributed by atoms with van der Waals surface area (Å²) >= 11 is 0. The standard InChI is InChI=1S/C21H22F3N3O/c1-25-20(27-14-18(15-28)17-7-3-2-4-8-17)26-13-5-6-16-9-11-19(12-10-16)21(22,23)24/h2-4,7-12,18,28H,13-15H2,1H3,(H2,25,26,27). The van der Waals surface area contributed by atoms with E-state index >= 15 is 0 Å². The maximum Gasteiger partial charge on any atom is 0.416 e. The van der Waals surface area contributed by atoms with Crippen LogP contribution < -0.4 is 10.6 Å². The van der Waals surface area contributed by atoms with Crippen molar-refractivity contribution in [3.8, 4) is 11.8 Å². The van der Waals surface area contributed by atoms with Gasteiger partial charge in [0, 0.05) is 25.1 Å². The molecule has 0 aromatic heterocycles. The Labute approximate surface area is 162 Å². The number of rotatable bonds is 5. The van der Waals surface area contributed by atoms with Crippen LogP contribution in [0.2, 0.25) is 0 Å². The average Bonchev–Trinajstić information content (AvgIpc) is 2.70. The van der Waals surface area contributed by atoms with Crippen molar-refractivity contribution in [1.82, 2.24) is 10.6 Å². The predicted octanol–water partition coefficient (Wildman–Crippen LogP) is 3.00. The Hall–Kier alpha value is -2.98. The minimum absolute atomic E-state index is 0.00172. The van der Waals surface area contributed by atoms with Gasteiger partial charge in [0.1, 0.15) is 0 Å². The fourth-order valence-electron chi connectivity index (χ4n) is 2.47. The fraction of sp³-hybridized carbons (Fsp3) is 0.286. The largest absolute Gasteiger partial charge is 0.416 e. The smallest absolute Gasteiger partial charge is 0.396 e. The maximum absolute atomic E-state index is 12.5. The molecule has 0 fully saturated rings. The van der Waals surface area contributed by atoms with E-state index in [4.69, 9.17) is 0 Å². The fourth-order valence-corrected chi connectivity index (χ4v) is 2.47. The third-order valence-corrected chi connectivity index (χ3v) is 4.02. The van der Waals surface area contributed by atoms with Crippen LogP contribution in [0.15, 0.2) is 59.6 Å². The number of aliphatic imine (C=N–C) groups is 1. The Bertz CT molecular complexity index is 822. The lowest BCUT2D eigenvalue weighted by atomic mass is 10.0. The van der Waals surface area contributed by atoms with Crippen LogP contribution in [0.1, 0.15) is 22.6 Å². The molecule has 2 aromatic rings. The minimum atomic E-state index is -4.35. The first kappa shape index (κ1) is 21.3. The number of benzene rings is 2. The summed E-state index contributed by atoms with van der Waals surface area (Å²) in [7, 11) is 1.62. The number of guanidine groups is 1. The minimum Gasteiger partial charge on any atom is -0.396 e. The molecule has 3 N–H and O–H groups in total. The van der Waals surface area contributed by atoms with E-state index in [1.165, 1.54) is 12.1 Å². The molecule has 1 unspecified atom stereocenters. The molecule has 0 spiro atoms. The van der Waals surface area contributed by atoms with Gasteiger partial charge < -0.3 is 15.7 Å². The summed E-state index contributed by atoms with van der Waals surface area (Å²) in [5, 5.41) is 15.7. The summed E-state index contributed by atoms with van der Waals surface area (Å²) in [5.41, 5.74) is 0.829. The van der Waals surface area contributed by atoms with Crippen LogP contribution in [0.5, 0.6) is 0 Å². The first-order chi connectivity index (χ1) is 13.4. The van der Waals surface area contributed by atoms with Gasteiger partial charge in [-0.1, -0.05) is 42.2 Å². The summed E-state index contributed by atoms with van der Waals surface area (Å²) in [4.78, 5) is 4.09. The zero-order valence-corrected chi connectivity index (χ0v) is 15.4. The highest BCUT2D eigenvalue weighted by atomic mass is 19.4. The molecule has 0 saturated carbocycles. The van der Waals surface area contributed by atoms with Gasteiger partial charge in [0.05, 0.1) is 18.7 Å². The molecule has 0 bridgehead atoms. The molecule has 2 aromatic carbocycles. The van der Waals surface area contributed by atoms with E-state index in [1.54, 1.807) is 7.05 Å². The van der Waals surface area contributed by atoms with Crippen molar-refractivity contribution in [2.24, 2.45) is 4.99 Å². The van der Waals surface area contributed by atoms with Crippen LogP contribution in [0.25, 0.3) is 0 Å². The second-order valence-electron chi connectivity index (χ2n) is 5.97. The number of aliphatic hydroxyl groups is 1. The number of hydrogen-bond acceptors (Lipinski definition) is 2. The van der Waals surface area contributed by atoms with E-state index < -0.39 is 11.7 Å². The van der Waals surface area contributed by atoms with E-state index in [9.17, 15) is 18.3 Å². The Morgan fingerprint density at radius 1 is 1.07 bits per heavy atom. The highest BCUT2D eigenvalue weighted by Gasteiger charge is 2.29. The SMILES string of the molecule is CN=C(NCC#Cc1ccc(C(F)(F)F)cc1)NCC(CO)c1ccccc1. The molecule has 148 valence electrons. The van der Waals surface area contributed by atoms with Crippen LogP contribution in [-0.2, 0) is 6.18 Å². The number of nitrogens with zero attached hydrogens (tertiary/aromatic N) is 1. The van der Waals surface area contributed by atoms with Gasteiger partial charge >= 0.3 is 6.18 Å². The summed E-state index contributed by atoms with van der Waals surface area (Å²) in [6.45, 7) is 0.768. The number of nitrogens with one attached hydrogen (secondary N) is 2. The lowest BCUT2D eigenvalue weighted by Crippen LogP contribution is -2.40. The highest BCUT2D eigenvalue weighted by molar-refractivity contribution is 5.80. The third-order valence-electron chi connectivity index (χ3n) is 4.02. The molecular formula is C21H22F3N3O. The molecule has 0 aliphatic heterocycles. The number of aliphatic hydroxyl groups excluding tert-OH is 1. The highest BCUT2D eigenvalue weighted by Crippen LogP contribution is 2.28. The lowest BCUT2D eigenvalue weighted by molar-refractivity contribution is -0.137. The van der Waals surface area contributed by atoms with E-state index in [1.807, 2.05) is 30.3 Å². The Balaban J connectivity index is 1.84. The Morgan fingerprint density at radius 2 is 1.75 bits per heavy atom. The van der Waals surface area contributed by atoms with Gasteiger partial charge in [-0.05, 0) is 29.8 Å². The quantitative estimate of drug-likeness (QED) is 0.419. The number of alkyl halides is 3. The van der Waals surface area contributed by atoms with Crippen molar-refractivity contribution >= 4 is 5.96 Å². The van der Waals surface area contributed by atoms with Crippen molar-refractivity contribution in [2.75, 3.05) is 26.7 Å². The van der Waals surface area contributed by atoms with Gasteiger partial charge in [-0.25, -0.2) is 0 Å². The Morgan fingerprint density at radius 3 is 2.32 bits per heavy atom. The van der Waals surface area contributed by atoms with Gasteiger partial charge in [0.25, 0.3) is 0 Å². The molecule has 0 radical (unpaired) electrons. The van der Waals surface area contributed by atoms with Crippen molar-refractivity contribution in [2.45, 2.75) is 12.1 Å². The topological polar surface area (TPSA) is 56.7 Å². The van der Waals surface area contributed by atoms with E-state index in [0.717, 1.165) is 17.7 Å². The van der Waals surface area contributed by atoms with E-state index in [0.29, 0.717) is 18.1 Å². The molecule has 4 nitrogen and oxygen atoms in total. The van der Waals surface area contributed by atoms with E-state index in [-0.39, 0.29) is 19.1 Å². The number of hydrogen-bond donors (Lipinski definition) is 3. The van der Waals surface area contributed by atoms with Crippen LogP contribution in [-0.4, -0.2) is 37.8 Å². The van der Waals surface area contributed by atoms with Gasteiger partial charge in [-0.2, -0.15) is 13.2 Å². The molecule has 0 amide bonds. The van der Waals surface area contributed by atoms with Crippen LogP contribution in [0, 0.1) is 11.8 Å². The van der Waals surface area contributed by atoms with Gasteiger partial charge in [0.2, 0.25) is 0 Å². The van der Waals surface area contributed by atoms with Crippen molar-refractivity contribution in [3.63, 3.8) is 0 Å². The van der Waals surface area contributed by atoms with Crippen LogP contribution >= 0.6 is 0 Å². The molecule has 0 saturated heterocycles. The lowest BCUT2D eigenvalue weighted by Gasteiger charge is -2.17. The first-order valence-corrected chi connectivity index (χ1v) is 8.70. The van der Waals surface area contributed by atoms with Crippen LogP contribution in [0.4, 0.5) is 13.2 Å². The molecule has 0 heterocycles. The zero-order chi connectivity index (χ0) is 20.4. The maximum atomic E-state index is 12.5. The molecule has 28 heavy (non-hydrogen) atoms. The molecule has 0 aliphatic carbocycles. The third kappa shape index (κ3) is 6.63. The second kappa shape index (κ2) is 10.4. The summed E-state index contributed by atoms with van der Waals surface area (Å²) in [6, 6.07) is 14.4. The molecule has 0 aliphatic rings. The second-order valence-corrected chi connectivity index (χ2v) is 5.97. The van der Waals surface area contributed by atoms with Crippen LogP contribution in [0.3, 0.4) is 0 Å². The average molecular weight is 389 g/mol. The zero-order valence-electron chi connectivity index (χ0n) is 15.4. The van der Waals surface area contributed by atoms with Crippen molar-refractivity contribution in [1.29, 1.82) is 0 Å². The predicted molar refractivity (Wildman–Crippen MR) is 104 cm³/mol. The van der Waals surface area contributed by atoms with Gasteiger partial charge in [-0.15, -0.1) is 0 Å². The summed E-state index contributed by atoms with van der Waals surface area (Å²) < 4.78 is 37.6. The molecule has 7 heteroatoms. The Kier molecular flexibility index (Phi) is 7.90. The number of halogens is 3. The van der Waals surface area contributed by atoms with E-state index in [2.05, 4.69) is 27.5 Å². The molecule has 2 rings (SSSR count). The van der Waals surface area contributed by atoms with Crippen molar-refractivity contribution in [3.05, 3.63) is 71.3 Å². The summed E-state index contributed by atoms with van der Waals surface area (Å²) in [5.74, 6) is 6.10. The normalized spacial score (nSPS) is 12.7. The molecule has 1 atom stereocenters. The van der Waals surface area contributed by atoms with Gasteiger partial charge in [0.15, 0.2) is 5.96 Å². The van der Waals surface area contributed by atoms with Crippen molar-refractivity contribution < 1.29 is 18.3 Å². The molecular weight excluding hydrogens is 367 g/mol. The summed E-state index contributed by atoms with van der Waals surface area (Å²) in [6.07, 6.45) is -4.35. The van der Waals surface area contributed by atoms with Gasteiger partial charge in [-0.3, -0.25) is 4.99 Å². The monoisotopic (exact) mass is 389 g/mol. The first-order valence-electron chi connectivity index (χ1n) is 8.70.